The van der Waals surface area contributed by atoms with Gasteiger partial charge >= 0.3 is 5.97 Å². The molecule has 0 radical (unpaired) electrons. The third-order valence-corrected chi connectivity index (χ3v) is 6.96. The Morgan fingerprint density at radius 3 is 2.79 bits per heavy atom. The third kappa shape index (κ3) is 4.34. The van der Waals surface area contributed by atoms with Gasteiger partial charge in [0.2, 0.25) is 5.95 Å². The smallest absolute Gasteiger partial charge is 0.338 e. The molecule has 0 amide bonds. The summed E-state index contributed by atoms with van der Waals surface area (Å²) in [5.74, 6) is 0.407. The molecule has 33 heavy (non-hydrogen) atoms. The van der Waals surface area contributed by atoms with E-state index in [0.717, 1.165) is 14.9 Å². The summed E-state index contributed by atoms with van der Waals surface area (Å²) < 4.78 is 7.71. The molecule has 1 atom stereocenters. The van der Waals surface area contributed by atoms with Crippen LogP contribution in [0.4, 0.5) is 5.95 Å². The van der Waals surface area contributed by atoms with Crippen LogP contribution in [-0.2, 0) is 9.53 Å². The highest BCUT2D eigenvalue weighted by molar-refractivity contribution is 8.01. The van der Waals surface area contributed by atoms with Crippen LogP contribution in [0.5, 0.6) is 0 Å². The molecule has 1 aromatic carbocycles. The molecule has 1 N–H and O–H groups in total. The molecule has 10 nitrogen and oxygen atoms in total. The average molecular weight is 479 g/mol. The molecule has 166 valence electrons. The molecule has 1 aliphatic heterocycles. The molecule has 3 aromatic heterocycles. The van der Waals surface area contributed by atoms with E-state index in [-0.39, 0.29) is 6.61 Å². The summed E-state index contributed by atoms with van der Waals surface area (Å²) in [5.41, 5.74) is 2.71. The van der Waals surface area contributed by atoms with Crippen LogP contribution >= 0.6 is 23.1 Å². The van der Waals surface area contributed by atoms with Gasteiger partial charge in [0, 0.05) is 23.2 Å². The van der Waals surface area contributed by atoms with Crippen molar-refractivity contribution in [2.75, 3.05) is 17.7 Å². The Morgan fingerprint density at radius 2 is 2.00 bits per heavy atom. The summed E-state index contributed by atoms with van der Waals surface area (Å²) in [6.07, 6.45) is 1.67. The summed E-state index contributed by atoms with van der Waals surface area (Å²) in [4.78, 5) is 17.5. The number of carbonyl (C=O) groups excluding carboxylic acids is 1. The summed E-state index contributed by atoms with van der Waals surface area (Å²) >= 11 is 2.97. The molecular weight excluding hydrogens is 460 g/mol. The van der Waals surface area contributed by atoms with E-state index in [1.165, 1.54) is 23.1 Å². The van der Waals surface area contributed by atoms with E-state index in [2.05, 4.69) is 36.0 Å². The van der Waals surface area contributed by atoms with Gasteiger partial charge in [0.15, 0.2) is 4.34 Å². The number of carbonyl (C=O) groups is 1. The number of benzene rings is 1. The van der Waals surface area contributed by atoms with Crippen molar-refractivity contribution < 1.29 is 9.53 Å². The minimum absolute atomic E-state index is 0.247. The molecule has 1 unspecified atom stereocenters. The van der Waals surface area contributed by atoms with E-state index >= 15 is 0 Å². The summed E-state index contributed by atoms with van der Waals surface area (Å²) in [7, 11) is 0. The fraction of sp³-hybridized carbons (Fsp3) is 0.190. The number of aromatic nitrogens is 7. The summed E-state index contributed by atoms with van der Waals surface area (Å²) in [6, 6.07) is 14.8. The summed E-state index contributed by atoms with van der Waals surface area (Å²) in [6.45, 7) is 2.02. The second-order valence-electron chi connectivity index (χ2n) is 6.87. The Hall–Kier alpha value is -3.64. The van der Waals surface area contributed by atoms with Gasteiger partial charge in [0.25, 0.3) is 0 Å². The molecular formula is C21H18N8O2S2. The zero-order valence-electron chi connectivity index (χ0n) is 17.5. The van der Waals surface area contributed by atoms with Crippen LogP contribution in [0.15, 0.2) is 70.3 Å². The maximum atomic E-state index is 13.1. The molecule has 4 heterocycles. The highest BCUT2D eigenvalue weighted by Gasteiger charge is 2.37. The lowest BCUT2D eigenvalue weighted by Crippen LogP contribution is -2.31. The molecule has 0 saturated heterocycles. The van der Waals surface area contributed by atoms with Gasteiger partial charge in [0.1, 0.15) is 11.0 Å². The maximum Gasteiger partial charge on any atom is 0.338 e. The molecule has 5 rings (SSSR count). The lowest BCUT2D eigenvalue weighted by Gasteiger charge is -2.27. The van der Waals surface area contributed by atoms with E-state index in [4.69, 9.17) is 4.74 Å². The molecule has 0 bridgehead atoms. The fourth-order valence-electron chi connectivity index (χ4n) is 3.41. The number of ether oxygens (including phenoxy) is 1. The highest BCUT2D eigenvalue weighted by Crippen LogP contribution is 2.37. The van der Waals surface area contributed by atoms with Gasteiger partial charge in [-0.3, -0.25) is 4.98 Å². The number of hydrogen-bond acceptors (Lipinski definition) is 11. The first-order valence-corrected chi connectivity index (χ1v) is 11.9. The Morgan fingerprint density at radius 1 is 1.15 bits per heavy atom. The van der Waals surface area contributed by atoms with Crippen LogP contribution in [0.1, 0.15) is 18.7 Å². The number of nitrogens with one attached hydrogen (secondary N) is 1. The predicted molar refractivity (Wildman–Crippen MR) is 124 cm³/mol. The molecule has 0 aliphatic carbocycles. The van der Waals surface area contributed by atoms with Gasteiger partial charge in [-0.15, -0.1) is 10.2 Å². The van der Waals surface area contributed by atoms with E-state index < -0.39 is 12.0 Å². The SMILES string of the molecule is CCOC(=O)C1=C(CSc2nnc(-c3ccccc3)s2)Nc2nnnn2C1c1ccccn1. The second-order valence-corrected chi connectivity index (χ2v) is 9.07. The molecule has 4 aromatic rings. The van der Waals surface area contributed by atoms with E-state index in [9.17, 15) is 4.79 Å². The molecule has 0 fully saturated rings. The first-order chi connectivity index (χ1) is 16.2. The van der Waals surface area contributed by atoms with E-state index in [1.54, 1.807) is 17.8 Å². The fourth-order valence-corrected chi connectivity index (χ4v) is 5.23. The molecule has 0 spiro atoms. The van der Waals surface area contributed by atoms with Gasteiger partial charge in [-0.25, -0.2) is 4.79 Å². The Labute approximate surface area is 197 Å². The van der Waals surface area contributed by atoms with Gasteiger partial charge in [-0.05, 0) is 29.5 Å². The van der Waals surface area contributed by atoms with E-state index in [0.29, 0.717) is 28.7 Å². The number of hydrogen-bond donors (Lipinski definition) is 1. The monoisotopic (exact) mass is 478 g/mol. The van der Waals surface area contributed by atoms with Crippen LogP contribution < -0.4 is 5.32 Å². The third-order valence-electron chi connectivity index (χ3n) is 4.83. The topological polar surface area (TPSA) is 121 Å². The lowest BCUT2D eigenvalue weighted by atomic mass is 10.00. The van der Waals surface area contributed by atoms with E-state index in [1.807, 2.05) is 48.5 Å². The average Bonchev–Trinajstić information content (AvgIpc) is 3.52. The van der Waals surface area contributed by atoms with Crippen molar-refractivity contribution in [1.82, 2.24) is 35.4 Å². The van der Waals surface area contributed by atoms with Crippen LogP contribution in [0.2, 0.25) is 0 Å². The van der Waals surface area contributed by atoms with Crippen LogP contribution in [-0.4, -0.2) is 53.7 Å². The number of thioether (sulfide) groups is 1. The molecule has 1 aliphatic rings. The molecule has 0 saturated carbocycles. The van der Waals surface area contributed by atoms with Crippen molar-refractivity contribution in [2.24, 2.45) is 0 Å². The van der Waals surface area contributed by atoms with Crippen molar-refractivity contribution >= 4 is 35.0 Å². The lowest BCUT2D eigenvalue weighted by molar-refractivity contribution is -0.139. The minimum atomic E-state index is -0.610. The van der Waals surface area contributed by atoms with Crippen molar-refractivity contribution in [3.8, 4) is 10.6 Å². The number of anilines is 1. The number of rotatable bonds is 7. The number of tetrazole rings is 1. The molecule has 12 heteroatoms. The maximum absolute atomic E-state index is 13.1. The van der Waals surface area contributed by atoms with Gasteiger partial charge in [-0.1, -0.05) is 64.6 Å². The Kier molecular flexibility index (Phi) is 6.09. The van der Waals surface area contributed by atoms with Crippen molar-refractivity contribution in [2.45, 2.75) is 17.3 Å². The zero-order valence-corrected chi connectivity index (χ0v) is 19.1. The Bertz CT molecular complexity index is 1290. The normalized spacial score (nSPS) is 15.1. The zero-order chi connectivity index (χ0) is 22.6. The highest BCUT2D eigenvalue weighted by atomic mass is 32.2. The largest absolute Gasteiger partial charge is 0.463 e. The number of fused-ring (bicyclic) bond motifs is 1. The number of esters is 1. The van der Waals surface area contributed by atoms with Gasteiger partial charge < -0.3 is 10.1 Å². The van der Waals surface area contributed by atoms with Gasteiger partial charge in [0.05, 0.1) is 17.9 Å². The van der Waals surface area contributed by atoms with Gasteiger partial charge in [-0.2, -0.15) is 4.68 Å². The van der Waals surface area contributed by atoms with Crippen LogP contribution in [0, 0.1) is 0 Å². The summed E-state index contributed by atoms with van der Waals surface area (Å²) in [5, 5.41) is 24.5. The first-order valence-electron chi connectivity index (χ1n) is 10.1. The first kappa shape index (κ1) is 21.2. The number of pyridine rings is 1. The van der Waals surface area contributed by atoms with Crippen molar-refractivity contribution in [1.29, 1.82) is 0 Å². The van der Waals surface area contributed by atoms with Crippen LogP contribution in [0.25, 0.3) is 10.6 Å². The Balaban J connectivity index is 1.48. The van der Waals surface area contributed by atoms with Crippen molar-refractivity contribution in [3.05, 3.63) is 71.7 Å². The van der Waals surface area contributed by atoms with Crippen LogP contribution in [0.3, 0.4) is 0 Å². The standard InChI is InChI=1S/C21H18N8O2S2/c1-2-31-19(30)16-15(12-32-21-26-24-18(33-21)13-8-4-3-5-9-13)23-20-25-27-28-29(20)17(16)14-10-6-7-11-22-14/h3-11,17H,2,12H2,1H3,(H,23,25,28). The minimum Gasteiger partial charge on any atom is -0.463 e. The quantitative estimate of drug-likeness (QED) is 0.313. The predicted octanol–water partition coefficient (Wildman–Crippen LogP) is 3.21. The van der Waals surface area contributed by atoms with Crippen molar-refractivity contribution in [3.63, 3.8) is 0 Å². The number of nitrogens with zero attached hydrogens (tertiary/aromatic N) is 7. The second kappa shape index (κ2) is 9.46.